The number of carboxylic acids is 2. The monoisotopic (exact) mass is 335 g/mol. The van der Waals surface area contributed by atoms with Crippen LogP contribution in [-0.4, -0.2) is 37.1 Å². The zero-order chi connectivity index (χ0) is 16.2. The maximum atomic E-state index is 12.0. The Kier molecular flexibility index (Phi) is 5.70. The summed E-state index contributed by atoms with van der Waals surface area (Å²) in [6.07, 6.45) is -0.669. The van der Waals surface area contributed by atoms with Crippen LogP contribution in [0.4, 0.5) is 0 Å². The number of aryl methyl sites for hydroxylation is 1. The van der Waals surface area contributed by atoms with Gasteiger partial charge in [-0.1, -0.05) is 11.6 Å². The third-order valence-electron chi connectivity index (χ3n) is 2.73. The zero-order valence-corrected chi connectivity index (χ0v) is 12.6. The lowest BCUT2D eigenvalue weighted by atomic mass is 10.1. The van der Waals surface area contributed by atoms with Crippen LogP contribution in [0.5, 0.6) is 0 Å². The fraction of sp³-hybridized carbons (Fsp3) is 0.333. The van der Waals surface area contributed by atoms with Gasteiger partial charge in [-0.2, -0.15) is 0 Å². The van der Waals surface area contributed by atoms with Crippen LogP contribution in [0.1, 0.15) is 12.0 Å². The number of carbonyl (C=O) groups is 2. The Bertz CT molecular complexity index is 658. The number of nitrogens with one attached hydrogen (secondary N) is 1. The van der Waals surface area contributed by atoms with Crippen molar-refractivity contribution in [3.8, 4) is 0 Å². The second-order valence-corrected chi connectivity index (χ2v) is 6.57. The second-order valence-electron chi connectivity index (χ2n) is 4.40. The average Bonchev–Trinajstić information content (AvgIpc) is 2.37. The largest absolute Gasteiger partial charge is 0.481 e. The van der Waals surface area contributed by atoms with Crippen LogP contribution in [0.15, 0.2) is 23.1 Å². The van der Waals surface area contributed by atoms with Gasteiger partial charge >= 0.3 is 11.9 Å². The minimum absolute atomic E-state index is 0.0659. The molecule has 9 heteroatoms. The van der Waals surface area contributed by atoms with E-state index < -0.39 is 40.8 Å². The lowest BCUT2D eigenvalue weighted by molar-refractivity contribution is -0.147. The standard InChI is InChI=1S/C12H14ClNO6S/c1-7-4-9(2-3-10(7)13)21(19,20)14-6-8(12(17)18)5-11(15)16/h2-4,8,14H,5-6H2,1H3,(H,15,16)(H,17,18). The molecule has 0 fully saturated rings. The quantitative estimate of drug-likeness (QED) is 0.686. The molecule has 7 nitrogen and oxygen atoms in total. The molecule has 1 aromatic rings. The number of halogens is 1. The molecule has 0 aliphatic carbocycles. The summed E-state index contributed by atoms with van der Waals surface area (Å²) in [6, 6.07) is 4.04. The molecular weight excluding hydrogens is 322 g/mol. The van der Waals surface area contributed by atoms with Crippen molar-refractivity contribution in [3.05, 3.63) is 28.8 Å². The highest BCUT2D eigenvalue weighted by Crippen LogP contribution is 2.19. The summed E-state index contributed by atoms with van der Waals surface area (Å²) in [4.78, 5) is 21.3. The molecule has 0 saturated carbocycles. The molecule has 1 aromatic carbocycles. The number of aliphatic carboxylic acids is 2. The summed E-state index contributed by atoms with van der Waals surface area (Å²) in [7, 11) is -3.93. The van der Waals surface area contributed by atoms with E-state index in [9.17, 15) is 18.0 Å². The van der Waals surface area contributed by atoms with E-state index in [1.165, 1.54) is 18.2 Å². The van der Waals surface area contributed by atoms with Crippen LogP contribution >= 0.6 is 11.6 Å². The van der Waals surface area contributed by atoms with E-state index in [0.717, 1.165) is 0 Å². The summed E-state index contributed by atoms with van der Waals surface area (Å²) in [5.74, 6) is -4.04. The van der Waals surface area contributed by atoms with Crippen LogP contribution in [0.3, 0.4) is 0 Å². The van der Waals surface area contributed by atoms with Crippen LogP contribution in [-0.2, 0) is 19.6 Å². The van der Waals surface area contributed by atoms with Gasteiger partial charge in [0.15, 0.2) is 0 Å². The Balaban J connectivity index is 2.86. The molecule has 1 rings (SSSR count). The number of benzene rings is 1. The highest BCUT2D eigenvalue weighted by molar-refractivity contribution is 7.89. The van der Waals surface area contributed by atoms with Crippen LogP contribution in [0.2, 0.25) is 5.02 Å². The van der Waals surface area contributed by atoms with Gasteiger partial charge in [-0.3, -0.25) is 9.59 Å². The van der Waals surface area contributed by atoms with Gasteiger partial charge in [-0.05, 0) is 30.7 Å². The first kappa shape index (κ1) is 17.4. The number of hydrogen-bond acceptors (Lipinski definition) is 4. The first-order chi connectivity index (χ1) is 9.63. The molecule has 1 atom stereocenters. The predicted molar refractivity (Wildman–Crippen MR) is 74.8 cm³/mol. The van der Waals surface area contributed by atoms with E-state index in [2.05, 4.69) is 4.72 Å². The molecule has 0 amide bonds. The van der Waals surface area contributed by atoms with Crippen molar-refractivity contribution in [2.24, 2.45) is 5.92 Å². The Labute approximate surface area is 126 Å². The first-order valence-electron chi connectivity index (χ1n) is 5.84. The normalized spacial score (nSPS) is 12.9. The molecule has 0 radical (unpaired) electrons. The fourth-order valence-electron chi connectivity index (χ4n) is 1.54. The Morgan fingerprint density at radius 1 is 1.33 bits per heavy atom. The van der Waals surface area contributed by atoms with Gasteiger partial charge in [0, 0.05) is 11.6 Å². The van der Waals surface area contributed by atoms with Crippen molar-refractivity contribution in [2.75, 3.05) is 6.54 Å². The Morgan fingerprint density at radius 2 is 1.95 bits per heavy atom. The zero-order valence-electron chi connectivity index (χ0n) is 11.0. The number of sulfonamides is 1. The van der Waals surface area contributed by atoms with Crippen LogP contribution in [0, 0.1) is 12.8 Å². The van der Waals surface area contributed by atoms with Gasteiger partial charge in [-0.15, -0.1) is 0 Å². The summed E-state index contributed by atoms with van der Waals surface area (Å²) in [5.41, 5.74) is 0.555. The maximum absolute atomic E-state index is 12.0. The molecule has 0 bridgehead atoms. The van der Waals surface area contributed by atoms with Crippen molar-refractivity contribution in [1.82, 2.24) is 4.72 Å². The molecule has 0 aliphatic heterocycles. The van der Waals surface area contributed by atoms with Gasteiger partial charge in [0.05, 0.1) is 17.2 Å². The number of rotatable bonds is 7. The minimum atomic E-state index is -3.93. The molecule has 116 valence electrons. The lowest BCUT2D eigenvalue weighted by Gasteiger charge is -2.12. The van der Waals surface area contributed by atoms with E-state index in [4.69, 9.17) is 21.8 Å². The van der Waals surface area contributed by atoms with E-state index in [-0.39, 0.29) is 4.90 Å². The molecule has 0 aliphatic rings. The van der Waals surface area contributed by atoms with E-state index in [1.54, 1.807) is 6.92 Å². The lowest BCUT2D eigenvalue weighted by Crippen LogP contribution is -2.34. The fourth-order valence-corrected chi connectivity index (χ4v) is 2.82. The third-order valence-corrected chi connectivity index (χ3v) is 4.58. The van der Waals surface area contributed by atoms with Crippen LogP contribution < -0.4 is 4.72 Å². The van der Waals surface area contributed by atoms with Gasteiger partial charge in [0.2, 0.25) is 10.0 Å². The maximum Gasteiger partial charge on any atom is 0.308 e. The summed E-state index contributed by atoms with van der Waals surface area (Å²) < 4.78 is 26.1. The van der Waals surface area contributed by atoms with Gasteiger partial charge in [-0.25, -0.2) is 13.1 Å². The Hall–Kier alpha value is -1.64. The minimum Gasteiger partial charge on any atom is -0.481 e. The second kappa shape index (κ2) is 6.88. The molecule has 0 spiro atoms. The third kappa shape index (κ3) is 5.00. The summed E-state index contributed by atoms with van der Waals surface area (Å²) in [5, 5.41) is 17.9. The smallest absolute Gasteiger partial charge is 0.308 e. The van der Waals surface area contributed by atoms with Crippen molar-refractivity contribution in [3.63, 3.8) is 0 Å². The van der Waals surface area contributed by atoms with Crippen molar-refractivity contribution in [2.45, 2.75) is 18.2 Å². The van der Waals surface area contributed by atoms with Crippen molar-refractivity contribution in [1.29, 1.82) is 0 Å². The van der Waals surface area contributed by atoms with Crippen LogP contribution in [0.25, 0.3) is 0 Å². The molecule has 3 N–H and O–H groups in total. The topological polar surface area (TPSA) is 121 Å². The molecule has 1 unspecified atom stereocenters. The van der Waals surface area contributed by atoms with Gasteiger partial charge in [0.25, 0.3) is 0 Å². The molecule has 21 heavy (non-hydrogen) atoms. The van der Waals surface area contributed by atoms with Gasteiger partial charge in [0.1, 0.15) is 0 Å². The highest BCUT2D eigenvalue weighted by Gasteiger charge is 2.24. The van der Waals surface area contributed by atoms with Crippen molar-refractivity contribution >= 4 is 33.6 Å². The SMILES string of the molecule is Cc1cc(S(=O)(=O)NCC(CC(=O)O)C(=O)O)ccc1Cl. The number of hydrogen-bond donors (Lipinski definition) is 3. The highest BCUT2D eigenvalue weighted by atomic mass is 35.5. The van der Waals surface area contributed by atoms with Gasteiger partial charge < -0.3 is 10.2 Å². The first-order valence-corrected chi connectivity index (χ1v) is 7.70. The van der Waals surface area contributed by atoms with E-state index in [0.29, 0.717) is 10.6 Å². The molecule has 0 heterocycles. The van der Waals surface area contributed by atoms with E-state index in [1.807, 2.05) is 0 Å². The van der Waals surface area contributed by atoms with Crippen molar-refractivity contribution < 1.29 is 28.2 Å². The molecular formula is C12H14ClNO6S. The number of carboxylic acid groups (broad SMARTS) is 2. The molecule has 0 saturated heterocycles. The summed E-state index contributed by atoms with van der Waals surface area (Å²) in [6.45, 7) is 1.12. The molecule has 0 aromatic heterocycles. The predicted octanol–water partition coefficient (Wildman–Crippen LogP) is 1.10. The Morgan fingerprint density at radius 3 is 2.43 bits per heavy atom. The van der Waals surface area contributed by atoms with E-state index >= 15 is 0 Å². The summed E-state index contributed by atoms with van der Waals surface area (Å²) >= 11 is 5.80. The average molecular weight is 336 g/mol.